The Morgan fingerprint density at radius 3 is 2.70 bits per heavy atom. The van der Waals surface area contributed by atoms with Gasteiger partial charge in [-0.1, -0.05) is 19.9 Å². The second-order valence-corrected chi connectivity index (χ2v) is 4.91. The maximum atomic E-state index is 11.3. The van der Waals surface area contributed by atoms with Gasteiger partial charge >= 0.3 is 5.69 Å². The van der Waals surface area contributed by atoms with Gasteiger partial charge in [-0.25, -0.2) is 0 Å². The SMILES string of the molecule is COCCN(CC(C)C)c1cccc(NN)c1[N+](=O)[O-]. The van der Waals surface area contributed by atoms with Gasteiger partial charge < -0.3 is 15.1 Å². The van der Waals surface area contributed by atoms with Crippen molar-refractivity contribution in [3.8, 4) is 0 Å². The maximum absolute atomic E-state index is 11.3. The highest BCUT2D eigenvalue weighted by molar-refractivity contribution is 5.76. The van der Waals surface area contributed by atoms with Gasteiger partial charge in [-0.3, -0.25) is 16.0 Å². The van der Waals surface area contributed by atoms with Crippen molar-refractivity contribution in [2.75, 3.05) is 37.1 Å². The molecule has 7 heteroatoms. The van der Waals surface area contributed by atoms with Crippen molar-refractivity contribution in [3.05, 3.63) is 28.3 Å². The summed E-state index contributed by atoms with van der Waals surface area (Å²) in [6.07, 6.45) is 0. The summed E-state index contributed by atoms with van der Waals surface area (Å²) in [4.78, 5) is 12.9. The van der Waals surface area contributed by atoms with Crippen molar-refractivity contribution >= 4 is 17.1 Å². The number of nitro groups is 1. The second kappa shape index (κ2) is 7.66. The van der Waals surface area contributed by atoms with E-state index in [-0.39, 0.29) is 5.69 Å². The molecule has 1 rings (SSSR count). The van der Waals surface area contributed by atoms with Gasteiger partial charge in [0.2, 0.25) is 0 Å². The van der Waals surface area contributed by atoms with E-state index in [0.29, 0.717) is 37.0 Å². The number of hydrogen-bond donors (Lipinski definition) is 2. The number of nitrogen functional groups attached to an aromatic ring is 1. The number of benzene rings is 1. The van der Waals surface area contributed by atoms with Crippen molar-refractivity contribution in [2.45, 2.75) is 13.8 Å². The van der Waals surface area contributed by atoms with Gasteiger partial charge in [-0.15, -0.1) is 0 Å². The summed E-state index contributed by atoms with van der Waals surface area (Å²) in [7, 11) is 1.61. The Kier molecular flexibility index (Phi) is 6.20. The first-order chi connectivity index (χ1) is 9.51. The Labute approximate surface area is 118 Å². The highest BCUT2D eigenvalue weighted by Gasteiger charge is 2.23. The van der Waals surface area contributed by atoms with Crippen LogP contribution in [0.1, 0.15) is 13.8 Å². The molecule has 1 aromatic rings. The number of anilines is 2. The Morgan fingerprint density at radius 1 is 1.50 bits per heavy atom. The topological polar surface area (TPSA) is 93.7 Å². The molecule has 0 aromatic heterocycles. The van der Waals surface area contributed by atoms with Crippen LogP contribution in [0.15, 0.2) is 18.2 Å². The molecule has 0 radical (unpaired) electrons. The van der Waals surface area contributed by atoms with Gasteiger partial charge in [-0.05, 0) is 18.1 Å². The zero-order valence-corrected chi connectivity index (χ0v) is 12.1. The first kappa shape index (κ1) is 16.2. The minimum atomic E-state index is -0.412. The van der Waals surface area contributed by atoms with Gasteiger partial charge in [0.05, 0.1) is 11.5 Å². The number of ether oxygens (including phenoxy) is 1. The normalized spacial score (nSPS) is 10.7. The monoisotopic (exact) mass is 282 g/mol. The van der Waals surface area contributed by atoms with Crippen LogP contribution in [0.3, 0.4) is 0 Å². The molecule has 0 aliphatic heterocycles. The minimum absolute atomic E-state index is 0.00764. The molecule has 0 aliphatic rings. The van der Waals surface area contributed by atoms with Crippen LogP contribution >= 0.6 is 0 Å². The quantitative estimate of drug-likeness (QED) is 0.430. The van der Waals surface area contributed by atoms with E-state index in [9.17, 15) is 10.1 Å². The average Bonchev–Trinajstić information content (AvgIpc) is 2.41. The third-order valence-electron chi connectivity index (χ3n) is 2.84. The van der Waals surface area contributed by atoms with Crippen molar-refractivity contribution in [1.82, 2.24) is 0 Å². The molecule has 0 saturated heterocycles. The Balaban J connectivity index is 3.20. The summed E-state index contributed by atoms with van der Waals surface area (Å²) in [6, 6.07) is 5.07. The summed E-state index contributed by atoms with van der Waals surface area (Å²) < 4.78 is 5.08. The molecule has 112 valence electrons. The van der Waals surface area contributed by atoms with E-state index >= 15 is 0 Å². The van der Waals surface area contributed by atoms with Gasteiger partial charge in [0.1, 0.15) is 11.4 Å². The van der Waals surface area contributed by atoms with E-state index in [4.69, 9.17) is 10.6 Å². The molecule has 20 heavy (non-hydrogen) atoms. The summed E-state index contributed by atoms with van der Waals surface area (Å²) >= 11 is 0. The van der Waals surface area contributed by atoms with Crippen LogP contribution in [0.2, 0.25) is 0 Å². The van der Waals surface area contributed by atoms with Crippen LogP contribution in [-0.2, 0) is 4.74 Å². The van der Waals surface area contributed by atoms with Crippen LogP contribution in [-0.4, -0.2) is 31.7 Å². The highest BCUT2D eigenvalue weighted by Crippen LogP contribution is 2.35. The average molecular weight is 282 g/mol. The minimum Gasteiger partial charge on any atom is -0.383 e. The number of methoxy groups -OCH3 is 1. The Morgan fingerprint density at radius 2 is 2.20 bits per heavy atom. The molecule has 0 amide bonds. The first-order valence-electron chi connectivity index (χ1n) is 6.49. The predicted octanol–water partition coefficient (Wildman–Crippen LogP) is 1.99. The number of nitrogens with one attached hydrogen (secondary N) is 1. The number of nitrogens with two attached hydrogens (primary N) is 1. The third kappa shape index (κ3) is 4.07. The number of nitro benzene ring substituents is 1. The van der Waals surface area contributed by atoms with E-state index < -0.39 is 4.92 Å². The highest BCUT2D eigenvalue weighted by atomic mass is 16.6. The molecule has 0 bridgehead atoms. The molecule has 0 aliphatic carbocycles. The summed E-state index contributed by atoms with van der Waals surface area (Å²) in [5.41, 5.74) is 3.23. The van der Waals surface area contributed by atoms with Crippen LogP contribution in [0.4, 0.5) is 17.1 Å². The molecule has 0 fully saturated rings. The lowest BCUT2D eigenvalue weighted by molar-refractivity contribution is -0.383. The smallest absolute Gasteiger partial charge is 0.316 e. The number of nitrogens with zero attached hydrogens (tertiary/aromatic N) is 2. The number of hydrogen-bond acceptors (Lipinski definition) is 6. The van der Waals surface area contributed by atoms with Gasteiger partial charge in [0.25, 0.3) is 0 Å². The van der Waals surface area contributed by atoms with Crippen molar-refractivity contribution in [1.29, 1.82) is 0 Å². The van der Waals surface area contributed by atoms with Crippen LogP contribution < -0.4 is 16.2 Å². The lowest BCUT2D eigenvalue weighted by atomic mass is 10.1. The molecule has 0 atom stereocenters. The largest absolute Gasteiger partial charge is 0.383 e. The van der Waals surface area contributed by atoms with Crippen molar-refractivity contribution in [3.63, 3.8) is 0 Å². The molecule has 1 aromatic carbocycles. The van der Waals surface area contributed by atoms with E-state index in [1.807, 2.05) is 4.90 Å². The van der Waals surface area contributed by atoms with Gasteiger partial charge in [-0.2, -0.15) is 0 Å². The Bertz CT molecular complexity index is 451. The third-order valence-corrected chi connectivity index (χ3v) is 2.84. The maximum Gasteiger partial charge on any atom is 0.316 e. The summed E-state index contributed by atoms with van der Waals surface area (Å²) in [6.45, 7) is 5.93. The fraction of sp³-hybridized carbons (Fsp3) is 0.538. The molecule has 0 heterocycles. The molecule has 0 saturated carbocycles. The number of hydrazine groups is 1. The van der Waals surface area contributed by atoms with E-state index in [1.54, 1.807) is 25.3 Å². The zero-order chi connectivity index (χ0) is 15.1. The van der Waals surface area contributed by atoms with Crippen molar-refractivity contribution in [2.24, 2.45) is 11.8 Å². The van der Waals surface area contributed by atoms with E-state index in [2.05, 4.69) is 19.3 Å². The standard InChI is InChI=1S/C13H22N4O3/c1-10(2)9-16(7-8-20-3)12-6-4-5-11(15-14)13(12)17(18)19/h4-6,10,15H,7-9,14H2,1-3H3. The fourth-order valence-electron chi connectivity index (χ4n) is 2.05. The van der Waals surface area contributed by atoms with Crippen LogP contribution in [0.25, 0.3) is 0 Å². The molecule has 3 N–H and O–H groups in total. The lowest BCUT2D eigenvalue weighted by Crippen LogP contribution is -2.31. The molecule has 0 unspecified atom stereocenters. The van der Waals surface area contributed by atoms with E-state index in [1.165, 1.54) is 0 Å². The van der Waals surface area contributed by atoms with Gasteiger partial charge in [0, 0.05) is 20.2 Å². The number of para-hydroxylation sites is 1. The molecular formula is C13H22N4O3. The molecular weight excluding hydrogens is 260 g/mol. The lowest BCUT2D eigenvalue weighted by Gasteiger charge is -2.26. The number of rotatable bonds is 8. The molecule has 0 spiro atoms. The summed E-state index contributed by atoms with van der Waals surface area (Å²) in [5.74, 6) is 5.74. The van der Waals surface area contributed by atoms with Gasteiger partial charge in [0.15, 0.2) is 0 Å². The predicted molar refractivity (Wildman–Crippen MR) is 79.8 cm³/mol. The fourth-order valence-corrected chi connectivity index (χ4v) is 2.05. The van der Waals surface area contributed by atoms with Crippen LogP contribution in [0, 0.1) is 16.0 Å². The molecule has 7 nitrogen and oxygen atoms in total. The van der Waals surface area contributed by atoms with Crippen LogP contribution in [0.5, 0.6) is 0 Å². The zero-order valence-electron chi connectivity index (χ0n) is 12.1. The van der Waals surface area contributed by atoms with E-state index in [0.717, 1.165) is 0 Å². The first-order valence-corrected chi connectivity index (χ1v) is 6.49. The Hall–Kier alpha value is -1.86. The second-order valence-electron chi connectivity index (χ2n) is 4.91. The van der Waals surface area contributed by atoms with Crippen molar-refractivity contribution < 1.29 is 9.66 Å². The summed E-state index contributed by atoms with van der Waals surface area (Å²) in [5, 5.41) is 11.3.